The molecule has 0 saturated carbocycles. The molecule has 0 bridgehead atoms. The van der Waals surface area contributed by atoms with Crippen LogP contribution in [0.2, 0.25) is 0 Å². The molecular weight excluding hydrogens is 380 g/mol. The third kappa shape index (κ3) is 3.48. The van der Waals surface area contributed by atoms with E-state index in [1.165, 1.54) is 6.92 Å². The molecule has 2 fully saturated rings. The number of urea groups is 1. The first-order valence-corrected chi connectivity index (χ1v) is 10.3. The number of carbonyl (C=O) groups excluding carboxylic acids is 3. The number of hydrogen-bond acceptors (Lipinski definition) is 8. The van der Waals surface area contributed by atoms with Crippen molar-refractivity contribution >= 4 is 27.6 Å². The summed E-state index contributed by atoms with van der Waals surface area (Å²) in [6.45, 7) is 5.21. The van der Waals surface area contributed by atoms with Crippen LogP contribution in [0.15, 0.2) is 0 Å². The van der Waals surface area contributed by atoms with E-state index < -0.39 is 68.7 Å². The number of nitrogens with one attached hydrogen (secondary N) is 1. The van der Waals surface area contributed by atoms with Gasteiger partial charge in [-0.05, 0) is 6.92 Å². The number of sulfone groups is 1. The third-order valence-corrected chi connectivity index (χ3v) is 6.81. The van der Waals surface area contributed by atoms with Crippen LogP contribution in [-0.2, 0) is 24.2 Å². The Labute approximate surface area is 157 Å². The summed E-state index contributed by atoms with van der Waals surface area (Å²) in [6.07, 6.45) is -2.41. The second-order valence-electron chi connectivity index (χ2n) is 8.38. The van der Waals surface area contributed by atoms with E-state index in [-0.39, 0.29) is 6.54 Å². The molecule has 2 heterocycles. The van der Waals surface area contributed by atoms with Gasteiger partial charge in [-0.1, -0.05) is 20.8 Å². The lowest BCUT2D eigenvalue weighted by atomic mass is 9.72. The minimum atomic E-state index is -4.05. The predicted molar refractivity (Wildman–Crippen MR) is 93.0 cm³/mol. The average Bonchev–Trinajstić information content (AvgIpc) is 2.87. The maximum absolute atomic E-state index is 12.8. The van der Waals surface area contributed by atoms with Crippen molar-refractivity contribution < 1.29 is 37.8 Å². The van der Waals surface area contributed by atoms with Gasteiger partial charge in [0, 0.05) is 24.6 Å². The summed E-state index contributed by atoms with van der Waals surface area (Å²) in [6, 6.07) is -0.862. The monoisotopic (exact) mass is 406 g/mol. The molecule has 0 aromatic carbocycles. The van der Waals surface area contributed by atoms with Gasteiger partial charge in [-0.15, -0.1) is 0 Å². The number of amides is 3. The van der Waals surface area contributed by atoms with E-state index in [0.29, 0.717) is 0 Å². The molecule has 27 heavy (non-hydrogen) atoms. The van der Waals surface area contributed by atoms with Crippen LogP contribution in [0, 0.1) is 10.8 Å². The first-order valence-electron chi connectivity index (χ1n) is 8.43. The number of Topliss-reactive ketones (excluding diaryl/α,β-unsaturated/α-hetero) is 1. The van der Waals surface area contributed by atoms with Gasteiger partial charge in [0.1, 0.15) is 17.7 Å². The van der Waals surface area contributed by atoms with Crippen molar-refractivity contribution in [3.05, 3.63) is 0 Å². The van der Waals surface area contributed by atoms with E-state index in [4.69, 9.17) is 4.74 Å². The van der Waals surface area contributed by atoms with Crippen molar-refractivity contribution in [1.82, 2.24) is 10.2 Å². The number of aliphatic hydroxyl groups excluding tert-OH is 1. The zero-order chi connectivity index (χ0) is 21.0. The molecule has 2 rings (SSSR count). The Kier molecular flexibility index (Phi) is 5.24. The quantitative estimate of drug-likeness (QED) is 0.503. The lowest BCUT2D eigenvalue weighted by Gasteiger charge is -2.42. The van der Waals surface area contributed by atoms with Gasteiger partial charge in [-0.25, -0.2) is 13.2 Å². The molecule has 0 spiro atoms. The number of ether oxygens (including phenoxy) is 1. The summed E-state index contributed by atoms with van der Waals surface area (Å²) >= 11 is 0. The molecule has 0 radical (unpaired) electrons. The fourth-order valence-electron chi connectivity index (χ4n) is 3.51. The summed E-state index contributed by atoms with van der Waals surface area (Å²) in [5.41, 5.74) is -2.44. The summed E-state index contributed by atoms with van der Waals surface area (Å²) in [5.74, 6) is -1.15. The van der Waals surface area contributed by atoms with Gasteiger partial charge in [0.25, 0.3) is 0 Å². The SMILES string of the molecule is CC(C)(C)C(=O)C1(C)CN([C@H]2C[C@@](O)(S(C)(=O)=O)[C@@H](CO)O2)C(=O)NC1=O. The Hall–Kier alpha value is -1.56. The Morgan fingerprint density at radius 2 is 1.93 bits per heavy atom. The highest BCUT2D eigenvalue weighted by Gasteiger charge is 2.59. The van der Waals surface area contributed by atoms with E-state index in [1.54, 1.807) is 20.8 Å². The first kappa shape index (κ1) is 21.7. The number of imide groups is 1. The third-order valence-electron chi connectivity index (χ3n) is 5.10. The van der Waals surface area contributed by atoms with Gasteiger partial charge >= 0.3 is 6.03 Å². The van der Waals surface area contributed by atoms with Crippen molar-refractivity contribution in [3.63, 3.8) is 0 Å². The molecule has 2 aliphatic rings. The van der Waals surface area contributed by atoms with Crippen LogP contribution in [0.4, 0.5) is 4.79 Å². The van der Waals surface area contributed by atoms with Crippen LogP contribution >= 0.6 is 0 Å². The number of aliphatic hydroxyl groups is 2. The molecule has 2 saturated heterocycles. The highest BCUT2D eigenvalue weighted by molar-refractivity contribution is 7.91. The highest BCUT2D eigenvalue weighted by atomic mass is 32.2. The summed E-state index contributed by atoms with van der Waals surface area (Å²) in [7, 11) is -4.05. The van der Waals surface area contributed by atoms with Crippen LogP contribution in [0.25, 0.3) is 0 Å². The van der Waals surface area contributed by atoms with Crippen LogP contribution < -0.4 is 5.32 Å². The van der Waals surface area contributed by atoms with Crippen LogP contribution in [0.3, 0.4) is 0 Å². The van der Waals surface area contributed by atoms with E-state index >= 15 is 0 Å². The lowest BCUT2D eigenvalue weighted by Crippen LogP contribution is -2.65. The Morgan fingerprint density at radius 3 is 2.33 bits per heavy atom. The molecule has 3 amide bonds. The highest BCUT2D eigenvalue weighted by Crippen LogP contribution is 2.39. The van der Waals surface area contributed by atoms with Crippen LogP contribution in [0.5, 0.6) is 0 Å². The zero-order valence-corrected chi connectivity index (χ0v) is 16.8. The molecule has 154 valence electrons. The van der Waals surface area contributed by atoms with E-state index in [1.807, 2.05) is 0 Å². The lowest BCUT2D eigenvalue weighted by molar-refractivity contribution is -0.151. The minimum absolute atomic E-state index is 0.337. The summed E-state index contributed by atoms with van der Waals surface area (Å²) in [5, 5.41) is 22.0. The standard InChI is InChI=1S/C16H26N2O8S/c1-14(2,3)11(20)15(4)8-18(13(22)17-12(15)21)10-6-16(23,27(5,24)25)9(7-19)26-10/h9-10,19,23H,6-8H2,1-5H3,(H,17,21,22)/t9-,10-,15?,16-/m1/s1. The number of nitrogens with zero attached hydrogens (tertiary/aromatic N) is 1. The largest absolute Gasteiger partial charge is 0.394 e. The molecule has 2 aliphatic heterocycles. The Balaban J connectivity index is 2.37. The van der Waals surface area contributed by atoms with Crippen molar-refractivity contribution in [2.75, 3.05) is 19.4 Å². The second kappa shape index (κ2) is 6.50. The molecular formula is C16H26N2O8S. The van der Waals surface area contributed by atoms with E-state index in [0.717, 1.165) is 11.2 Å². The van der Waals surface area contributed by atoms with E-state index in [9.17, 15) is 33.0 Å². The molecule has 1 unspecified atom stereocenters. The molecule has 0 aliphatic carbocycles. The molecule has 0 aromatic rings. The zero-order valence-electron chi connectivity index (χ0n) is 16.0. The Bertz CT molecular complexity index is 774. The van der Waals surface area contributed by atoms with Gasteiger partial charge in [-0.2, -0.15) is 0 Å². The molecule has 11 heteroatoms. The molecule has 4 atom stereocenters. The fraction of sp³-hybridized carbons (Fsp3) is 0.812. The number of rotatable bonds is 4. The minimum Gasteiger partial charge on any atom is -0.394 e. The number of ketones is 1. The van der Waals surface area contributed by atoms with Gasteiger partial charge in [-0.3, -0.25) is 19.8 Å². The molecule has 0 aromatic heterocycles. The normalized spacial score (nSPS) is 35.3. The summed E-state index contributed by atoms with van der Waals surface area (Å²) < 4.78 is 29.4. The molecule has 10 nitrogen and oxygen atoms in total. The van der Waals surface area contributed by atoms with Crippen LogP contribution in [0.1, 0.15) is 34.1 Å². The topological polar surface area (TPSA) is 150 Å². The van der Waals surface area contributed by atoms with E-state index in [2.05, 4.69) is 5.32 Å². The van der Waals surface area contributed by atoms with Crippen molar-refractivity contribution in [2.45, 2.75) is 51.4 Å². The van der Waals surface area contributed by atoms with Gasteiger partial charge in [0.15, 0.2) is 20.6 Å². The van der Waals surface area contributed by atoms with Gasteiger partial charge in [0.2, 0.25) is 5.91 Å². The fourth-order valence-corrected chi connectivity index (χ4v) is 4.56. The average molecular weight is 406 g/mol. The number of hydrogen-bond donors (Lipinski definition) is 3. The maximum Gasteiger partial charge on any atom is 0.326 e. The van der Waals surface area contributed by atoms with Crippen molar-refractivity contribution in [3.8, 4) is 0 Å². The van der Waals surface area contributed by atoms with Gasteiger partial charge < -0.3 is 14.9 Å². The smallest absolute Gasteiger partial charge is 0.326 e. The van der Waals surface area contributed by atoms with Crippen molar-refractivity contribution in [1.29, 1.82) is 0 Å². The van der Waals surface area contributed by atoms with Gasteiger partial charge in [0.05, 0.1) is 6.61 Å². The predicted octanol–water partition coefficient (Wildman–Crippen LogP) is -1.000. The first-order chi connectivity index (χ1) is 12.1. The van der Waals surface area contributed by atoms with Crippen LogP contribution in [-0.4, -0.2) is 77.9 Å². The summed E-state index contributed by atoms with van der Waals surface area (Å²) in [4.78, 5) is 36.1. The molecule has 3 N–H and O–H groups in total. The number of carbonyl (C=O) groups is 3. The Morgan fingerprint density at radius 1 is 1.37 bits per heavy atom. The second-order valence-corrected chi connectivity index (χ2v) is 10.6. The van der Waals surface area contributed by atoms with Crippen molar-refractivity contribution in [2.24, 2.45) is 10.8 Å². The maximum atomic E-state index is 12.8.